The zero-order chi connectivity index (χ0) is 19.6. The molecule has 3 rings (SSSR count). The van der Waals surface area contributed by atoms with Crippen LogP contribution in [0.3, 0.4) is 0 Å². The van der Waals surface area contributed by atoms with Gasteiger partial charge in [-0.3, -0.25) is 9.69 Å². The minimum Gasteiger partial charge on any atom is -0.497 e. The number of alkyl halides is 3. The highest BCUT2D eigenvalue weighted by atomic mass is 19.4. The van der Waals surface area contributed by atoms with Gasteiger partial charge in [-0.2, -0.15) is 13.2 Å². The lowest BCUT2D eigenvalue weighted by Crippen LogP contribution is -2.39. The molecule has 1 fully saturated rings. The Hall–Kier alpha value is -2.54. The molecule has 27 heavy (non-hydrogen) atoms. The van der Waals surface area contributed by atoms with Gasteiger partial charge in [0.15, 0.2) is 0 Å². The van der Waals surface area contributed by atoms with E-state index < -0.39 is 29.8 Å². The van der Waals surface area contributed by atoms with Crippen LogP contribution in [0.25, 0.3) is 0 Å². The van der Waals surface area contributed by atoms with E-state index in [4.69, 9.17) is 4.74 Å². The predicted octanol–water partition coefficient (Wildman–Crippen LogP) is 4.35. The van der Waals surface area contributed by atoms with Gasteiger partial charge in [0.2, 0.25) is 0 Å². The minimum absolute atomic E-state index is 0.0476. The summed E-state index contributed by atoms with van der Waals surface area (Å²) < 4.78 is 46.2. The van der Waals surface area contributed by atoms with E-state index in [0.717, 1.165) is 6.07 Å². The van der Waals surface area contributed by atoms with Crippen LogP contribution in [0.5, 0.6) is 5.75 Å². The van der Waals surface area contributed by atoms with E-state index in [1.165, 1.54) is 19.2 Å². The van der Waals surface area contributed by atoms with Crippen molar-refractivity contribution in [2.75, 3.05) is 13.7 Å². The lowest BCUT2D eigenvalue weighted by atomic mass is 9.92. The summed E-state index contributed by atoms with van der Waals surface area (Å²) in [4.78, 5) is 13.3. The summed E-state index contributed by atoms with van der Waals surface area (Å²) in [5, 5.41) is 9.57. The van der Waals surface area contributed by atoms with Crippen molar-refractivity contribution in [1.82, 2.24) is 4.90 Å². The highest BCUT2D eigenvalue weighted by Gasteiger charge is 2.41. The standard InChI is InChI=1S/C20H20F3NO3/c1-27-14-7-4-6-13(12-14)18(24-11-5-10-17(24)19(25)26)15-8-2-3-9-16(15)20(21,22)23/h2-4,6-9,12,17-18H,5,10-11H2,1H3,(H,25,26). The lowest BCUT2D eigenvalue weighted by Gasteiger charge is -2.33. The number of methoxy groups -OCH3 is 1. The average molecular weight is 379 g/mol. The van der Waals surface area contributed by atoms with Crippen LogP contribution in [0.2, 0.25) is 0 Å². The van der Waals surface area contributed by atoms with Crippen LogP contribution in [0, 0.1) is 0 Å². The van der Waals surface area contributed by atoms with Crippen LogP contribution in [0.1, 0.15) is 35.6 Å². The molecule has 0 aliphatic carbocycles. The van der Waals surface area contributed by atoms with Gasteiger partial charge in [-0.25, -0.2) is 0 Å². The van der Waals surface area contributed by atoms with Gasteiger partial charge in [-0.05, 0) is 42.2 Å². The number of aliphatic carboxylic acids is 1. The molecule has 0 bridgehead atoms. The number of carbonyl (C=O) groups is 1. The van der Waals surface area contributed by atoms with Crippen molar-refractivity contribution >= 4 is 5.97 Å². The van der Waals surface area contributed by atoms with Crippen LogP contribution in [0.15, 0.2) is 48.5 Å². The Morgan fingerprint density at radius 3 is 2.63 bits per heavy atom. The van der Waals surface area contributed by atoms with E-state index in [1.54, 1.807) is 35.2 Å². The molecule has 1 aliphatic heterocycles. The monoisotopic (exact) mass is 379 g/mol. The molecule has 0 amide bonds. The largest absolute Gasteiger partial charge is 0.497 e. The van der Waals surface area contributed by atoms with Crippen molar-refractivity contribution in [1.29, 1.82) is 0 Å². The molecule has 2 aromatic rings. The fourth-order valence-electron chi connectivity index (χ4n) is 3.72. The first-order valence-electron chi connectivity index (χ1n) is 8.61. The van der Waals surface area contributed by atoms with Gasteiger partial charge in [0.25, 0.3) is 0 Å². The third-order valence-electron chi connectivity index (χ3n) is 4.88. The van der Waals surface area contributed by atoms with Crippen LogP contribution in [-0.4, -0.2) is 35.7 Å². The molecule has 1 heterocycles. The lowest BCUT2D eigenvalue weighted by molar-refractivity contribution is -0.143. The highest BCUT2D eigenvalue weighted by Crippen LogP contribution is 2.42. The second-order valence-corrected chi connectivity index (χ2v) is 6.50. The molecule has 2 unspecified atom stereocenters. The minimum atomic E-state index is -4.54. The molecule has 4 nitrogen and oxygen atoms in total. The SMILES string of the molecule is COc1cccc(C(c2ccccc2C(F)(F)F)N2CCCC2C(=O)O)c1. The topological polar surface area (TPSA) is 49.8 Å². The molecule has 144 valence electrons. The average Bonchev–Trinajstić information content (AvgIpc) is 3.11. The molecule has 2 atom stereocenters. The molecule has 2 aromatic carbocycles. The summed E-state index contributed by atoms with van der Waals surface area (Å²) in [7, 11) is 1.48. The maximum Gasteiger partial charge on any atom is 0.416 e. The first kappa shape index (κ1) is 19.2. The van der Waals surface area contributed by atoms with E-state index in [1.807, 2.05) is 0 Å². The van der Waals surface area contributed by atoms with Gasteiger partial charge in [0.05, 0.1) is 18.7 Å². The number of carboxylic acid groups (broad SMARTS) is 1. The molecule has 1 saturated heterocycles. The molecule has 0 aromatic heterocycles. The second-order valence-electron chi connectivity index (χ2n) is 6.50. The third-order valence-corrected chi connectivity index (χ3v) is 4.88. The summed E-state index contributed by atoms with van der Waals surface area (Å²) in [6, 6.07) is 10.4. The predicted molar refractivity (Wildman–Crippen MR) is 93.6 cm³/mol. The third kappa shape index (κ3) is 3.93. The zero-order valence-corrected chi connectivity index (χ0v) is 14.7. The number of hydrogen-bond acceptors (Lipinski definition) is 3. The Kier molecular flexibility index (Phi) is 5.41. The molecule has 0 spiro atoms. The van der Waals surface area contributed by atoms with E-state index in [0.29, 0.717) is 30.7 Å². The van der Waals surface area contributed by atoms with Gasteiger partial charge < -0.3 is 9.84 Å². The van der Waals surface area contributed by atoms with Crippen LogP contribution in [0.4, 0.5) is 13.2 Å². The second kappa shape index (κ2) is 7.60. The van der Waals surface area contributed by atoms with E-state index >= 15 is 0 Å². The maximum atomic E-state index is 13.7. The maximum absolute atomic E-state index is 13.7. The normalized spacial score (nSPS) is 19.0. The number of hydrogen-bond donors (Lipinski definition) is 1. The Morgan fingerprint density at radius 1 is 1.22 bits per heavy atom. The smallest absolute Gasteiger partial charge is 0.416 e. The highest BCUT2D eigenvalue weighted by molar-refractivity contribution is 5.74. The zero-order valence-electron chi connectivity index (χ0n) is 14.7. The molecule has 0 saturated carbocycles. The van der Waals surface area contributed by atoms with E-state index in [2.05, 4.69) is 0 Å². The van der Waals surface area contributed by atoms with Crippen molar-refractivity contribution in [3.05, 3.63) is 65.2 Å². The molecular formula is C20H20F3NO3. The van der Waals surface area contributed by atoms with Gasteiger partial charge in [-0.15, -0.1) is 0 Å². The van der Waals surface area contributed by atoms with Gasteiger partial charge in [0, 0.05) is 6.54 Å². The summed E-state index contributed by atoms with van der Waals surface area (Å²) in [6.45, 7) is 0.408. The van der Waals surface area contributed by atoms with Gasteiger partial charge in [-0.1, -0.05) is 30.3 Å². The molecule has 7 heteroatoms. The van der Waals surface area contributed by atoms with Crippen LogP contribution in [-0.2, 0) is 11.0 Å². The van der Waals surface area contributed by atoms with Crippen molar-refractivity contribution < 1.29 is 27.8 Å². The first-order valence-corrected chi connectivity index (χ1v) is 8.61. The molecular weight excluding hydrogens is 359 g/mol. The van der Waals surface area contributed by atoms with Crippen molar-refractivity contribution in [2.45, 2.75) is 31.1 Å². The fraction of sp³-hybridized carbons (Fsp3) is 0.350. The molecule has 1 aliphatic rings. The van der Waals surface area contributed by atoms with Crippen LogP contribution < -0.4 is 4.74 Å². The number of carboxylic acids is 1. The number of halogens is 3. The molecule has 1 N–H and O–H groups in total. The van der Waals surface area contributed by atoms with E-state index in [-0.39, 0.29) is 5.56 Å². The Morgan fingerprint density at radius 2 is 1.96 bits per heavy atom. The fourth-order valence-corrected chi connectivity index (χ4v) is 3.72. The Labute approximate surface area is 155 Å². The van der Waals surface area contributed by atoms with Crippen LogP contribution >= 0.6 is 0 Å². The Bertz CT molecular complexity index is 822. The Balaban J connectivity index is 2.18. The quantitative estimate of drug-likeness (QED) is 0.839. The number of rotatable bonds is 5. The van der Waals surface area contributed by atoms with Crippen molar-refractivity contribution in [3.8, 4) is 5.75 Å². The molecule has 0 radical (unpaired) electrons. The number of nitrogens with zero attached hydrogens (tertiary/aromatic N) is 1. The number of ether oxygens (including phenoxy) is 1. The number of benzene rings is 2. The van der Waals surface area contributed by atoms with Gasteiger partial charge >= 0.3 is 12.1 Å². The van der Waals surface area contributed by atoms with Crippen molar-refractivity contribution in [3.63, 3.8) is 0 Å². The summed E-state index contributed by atoms with van der Waals surface area (Å²) in [5.74, 6) is -0.516. The summed E-state index contributed by atoms with van der Waals surface area (Å²) in [6.07, 6.45) is -3.51. The first-order chi connectivity index (χ1) is 12.8. The van der Waals surface area contributed by atoms with E-state index in [9.17, 15) is 23.1 Å². The summed E-state index contributed by atoms with van der Waals surface area (Å²) >= 11 is 0. The van der Waals surface area contributed by atoms with Gasteiger partial charge in [0.1, 0.15) is 11.8 Å². The van der Waals surface area contributed by atoms with Crippen molar-refractivity contribution in [2.24, 2.45) is 0 Å². The summed E-state index contributed by atoms with van der Waals surface area (Å²) in [5.41, 5.74) is -0.139. The number of likely N-dealkylation sites (tertiary alicyclic amines) is 1.